The van der Waals surface area contributed by atoms with Crippen LogP contribution in [0.1, 0.15) is 17.4 Å². The average molecular weight is 372 g/mol. The summed E-state index contributed by atoms with van der Waals surface area (Å²) in [7, 11) is 0. The van der Waals surface area contributed by atoms with E-state index in [0.29, 0.717) is 11.3 Å². The molecule has 0 atom stereocenters. The molecule has 5 nitrogen and oxygen atoms in total. The average Bonchev–Trinajstić information content (AvgIpc) is 3.07. The number of hydrogen-bond donors (Lipinski definition) is 1. The first kappa shape index (κ1) is 18.8. The Morgan fingerprint density at radius 3 is 2.56 bits per heavy atom. The molecule has 1 amide bonds. The summed E-state index contributed by atoms with van der Waals surface area (Å²) in [4.78, 5) is 17.6. The third-order valence-electron chi connectivity index (χ3n) is 2.92. The second-order valence-electron chi connectivity index (χ2n) is 4.90. The molecule has 0 aliphatic carbocycles. The van der Waals surface area contributed by atoms with E-state index in [-0.39, 0.29) is 18.9 Å². The molecule has 2 rings (SSSR count). The van der Waals surface area contributed by atoms with Crippen LogP contribution in [-0.4, -0.2) is 24.6 Å². The first-order valence-electron chi connectivity index (χ1n) is 7.15. The van der Waals surface area contributed by atoms with E-state index < -0.39 is 12.3 Å². The molecule has 1 heterocycles. The third-order valence-corrected chi connectivity index (χ3v) is 3.90. The van der Waals surface area contributed by atoms with Crippen LogP contribution in [0, 0.1) is 0 Å². The topological polar surface area (TPSA) is 59.9 Å². The molecular formula is C16H15F3N2O3S. The summed E-state index contributed by atoms with van der Waals surface area (Å²) in [6.07, 6.45) is -4.73. The van der Waals surface area contributed by atoms with Crippen molar-refractivity contribution in [3.8, 4) is 5.75 Å². The van der Waals surface area contributed by atoms with Crippen LogP contribution < -0.4 is 10.1 Å². The maximum absolute atomic E-state index is 12.1. The first-order chi connectivity index (χ1) is 11.8. The molecule has 0 aliphatic heterocycles. The van der Waals surface area contributed by atoms with Gasteiger partial charge in [-0.15, -0.1) is 24.5 Å². The second-order valence-corrected chi connectivity index (χ2v) is 5.84. The number of thiophene rings is 1. The van der Waals surface area contributed by atoms with Gasteiger partial charge in [0.25, 0.3) is 5.91 Å². The Morgan fingerprint density at radius 1 is 1.24 bits per heavy atom. The van der Waals surface area contributed by atoms with Crippen molar-refractivity contribution < 1.29 is 27.5 Å². The zero-order chi connectivity index (χ0) is 18.3. The lowest BCUT2D eigenvalue weighted by Gasteiger charge is -2.09. The van der Waals surface area contributed by atoms with Crippen molar-refractivity contribution >= 4 is 23.0 Å². The highest BCUT2D eigenvalue weighted by Gasteiger charge is 2.30. The zero-order valence-corrected chi connectivity index (χ0v) is 14.0. The second kappa shape index (κ2) is 8.52. The fourth-order valence-corrected chi connectivity index (χ4v) is 2.45. The van der Waals surface area contributed by atoms with Crippen LogP contribution >= 0.6 is 11.3 Å². The number of nitrogens with zero attached hydrogens (tertiary/aromatic N) is 1. The Labute approximate surface area is 146 Å². The zero-order valence-electron chi connectivity index (χ0n) is 13.2. The van der Waals surface area contributed by atoms with Crippen molar-refractivity contribution in [1.82, 2.24) is 5.32 Å². The van der Waals surface area contributed by atoms with Crippen LogP contribution in [0.5, 0.6) is 5.75 Å². The van der Waals surface area contributed by atoms with Gasteiger partial charge in [-0.05, 0) is 36.1 Å². The molecule has 0 unspecified atom stereocenters. The SMILES string of the molecule is C/C(=N/OCC(=O)NCc1ccc(OC(F)(F)F)cc1)c1cccs1. The van der Waals surface area contributed by atoms with E-state index in [0.717, 1.165) is 4.88 Å². The summed E-state index contributed by atoms with van der Waals surface area (Å²) in [5.41, 5.74) is 1.30. The van der Waals surface area contributed by atoms with Gasteiger partial charge in [0.2, 0.25) is 0 Å². The van der Waals surface area contributed by atoms with Crippen molar-refractivity contribution in [2.45, 2.75) is 19.8 Å². The normalized spacial score (nSPS) is 11.9. The smallest absolute Gasteiger partial charge is 0.406 e. The quantitative estimate of drug-likeness (QED) is 0.596. The maximum Gasteiger partial charge on any atom is 0.573 e. The summed E-state index contributed by atoms with van der Waals surface area (Å²) in [6, 6.07) is 9.00. The molecule has 0 fully saturated rings. The Hall–Kier alpha value is -2.55. The van der Waals surface area contributed by atoms with Crippen molar-refractivity contribution in [2.75, 3.05) is 6.61 Å². The van der Waals surface area contributed by atoms with Crippen LogP contribution in [0.15, 0.2) is 46.9 Å². The molecule has 0 spiro atoms. The number of benzene rings is 1. The first-order valence-corrected chi connectivity index (χ1v) is 8.03. The summed E-state index contributed by atoms with van der Waals surface area (Å²) in [5.74, 6) is -0.706. The molecule has 0 saturated carbocycles. The van der Waals surface area contributed by atoms with Gasteiger partial charge in [-0.2, -0.15) is 0 Å². The van der Waals surface area contributed by atoms with Crippen molar-refractivity contribution in [2.24, 2.45) is 5.16 Å². The molecule has 9 heteroatoms. The minimum absolute atomic E-state index is 0.155. The van der Waals surface area contributed by atoms with Crippen molar-refractivity contribution in [3.63, 3.8) is 0 Å². The minimum Gasteiger partial charge on any atom is -0.406 e. The predicted molar refractivity (Wildman–Crippen MR) is 87.5 cm³/mol. The lowest BCUT2D eigenvalue weighted by molar-refractivity contribution is -0.274. The van der Waals surface area contributed by atoms with Crippen LogP contribution in [0.2, 0.25) is 0 Å². The Bertz CT molecular complexity index is 713. The van der Waals surface area contributed by atoms with Gasteiger partial charge < -0.3 is 14.9 Å². The number of alkyl halides is 3. The highest BCUT2D eigenvalue weighted by molar-refractivity contribution is 7.12. The number of nitrogens with one attached hydrogen (secondary N) is 1. The fourth-order valence-electron chi connectivity index (χ4n) is 1.78. The van der Waals surface area contributed by atoms with Gasteiger partial charge >= 0.3 is 6.36 Å². The van der Waals surface area contributed by atoms with Gasteiger partial charge in [-0.1, -0.05) is 23.4 Å². The number of carbonyl (C=O) groups is 1. The molecule has 0 aliphatic rings. The van der Waals surface area contributed by atoms with Gasteiger partial charge in [-0.3, -0.25) is 4.79 Å². The summed E-state index contributed by atoms with van der Waals surface area (Å²) < 4.78 is 39.9. The van der Waals surface area contributed by atoms with Crippen LogP contribution in [0.4, 0.5) is 13.2 Å². The van der Waals surface area contributed by atoms with E-state index in [1.807, 2.05) is 17.5 Å². The monoisotopic (exact) mass is 372 g/mol. The molecule has 25 heavy (non-hydrogen) atoms. The number of carbonyl (C=O) groups excluding carboxylic acids is 1. The maximum atomic E-state index is 12.1. The number of amides is 1. The Balaban J connectivity index is 1.73. The van der Waals surface area contributed by atoms with Crippen molar-refractivity contribution in [1.29, 1.82) is 0 Å². The molecule has 0 radical (unpaired) electrons. The van der Waals surface area contributed by atoms with Crippen LogP contribution in [0.25, 0.3) is 0 Å². The third kappa shape index (κ3) is 6.84. The van der Waals surface area contributed by atoms with Crippen LogP contribution in [-0.2, 0) is 16.2 Å². The Morgan fingerprint density at radius 2 is 1.96 bits per heavy atom. The Kier molecular flexibility index (Phi) is 6.40. The van der Waals surface area contributed by atoms with Crippen LogP contribution in [0.3, 0.4) is 0 Å². The molecule has 0 bridgehead atoms. The van der Waals surface area contributed by atoms with Gasteiger partial charge in [0, 0.05) is 6.54 Å². The fraction of sp³-hybridized carbons (Fsp3) is 0.250. The largest absolute Gasteiger partial charge is 0.573 e. The standard InChI is InChI=1S/C16H15F3N2O3S/c1-11(14-3-2-8-25-14)21-23-10-15(22)20-9-12-4-6-13(7-5-12)24-16(17,18)19/h2-8H,9-10H2,1H3,(H,20,22)/b21-11-. The van der Waals surface area contributed by atoms with Gasteiger partial charge in [0.1, 0.15) is 5.75 Å². The lowest BCUT2D eigenvalue weighted by atomic mass is 10.2. The lowest BCUT2D eigenvalue weighted by Crippen LogP contribution is -2.26. The number of ether oxygens (including phenoxy) is 1. The molecule has 2 aromatic rings. The van der Waals surface area contributed by atoms with Gasteiger partial charge in [0.15, 0.2) is 6.61 Å². The van der Waals surface area contributed by atoms with E-state index >= 15 is 0 Å². The van der Waals surface area contributed by atoms with Gasteiger partial charge in [0.05, 0.1) is 10.6 Å². The highest BCUT2D eigenvalue weighted by Crippen LogP contribution is 2.22. The van der Waals surface area contributed by atoms with E-state index in [2.05, 4.69) is 15.2 Å². The molecular weight excluding hydrogens is 357 g/mol. The summed E-state index contributed by atoms with van der Waals surface area (Å²) in [5, 5.41) is 8.34. The van der Waals surface area contributed by atoms with E-state index in [4.69, 9.17) is 4.84 Å². The number of rotatable bonds is 7. The van der Waals surface area contributed by atoms with Gasteiger partial charge in [-0.25, -0.2) is 0 Å². The summed E-state index contributed by atoms with van der Waals surface area (Å²) in [6.45, 7) is 1.68. The van der Waals surface area contributed by atoms with Crippen molar-refractivity contribution in [3.05, 3.63) is 52.2 Å². The van der Waals surface area contributed by atoms with E-state index in [1.54, 1.807) is 6.92 Å². The highest BCUT2D eigenvalue weighted by atomic mass is 32.1. The number of oxime groups is 1. The molecule has 1 aromatic heterocycles. The molecule has 1 aromatic carbocycles. The number of halogens is 3. The van der Waals surface area contributed by atoms with E-state index in [1.165, 1.54) is 35.6 Å². The molecule has 1 N–H and O–H groups in total. The molecule has 0 saturated heterocycles. The predicted octanol–water partition coefficient (Wildman–Crippen LogP) is 3.70. The summed E-state index contributed by atoms with van der Waals surface area (Å²) >= 11 is 1.51. The van der Waals surface area contributed by atoms with E-state index in [9.17, 15) is 18.0 Å². The molecule has 134 valence electrons. The number of hydrogen-bond acceptors (Lipinski definition) is 5. The minimum atomic E-state index is -4.73.